The van der Waals surface area contributed by atoms with E-state index >= 15 is 0 Å². The van der Waals surface area contributed by atoms with E-state index in [2.05, 4.69) is 20.4 Å². The topological polar surface area (TPSA) is 72.7 Å². The Balaban J connectivity index is 1.98. The van der Waals surface area contributed by atoms with E-state index < -0.39 is 5.91 Å². The average molecular weight is 369 g/mol. The van der Waals surface area contributed by atoms with Gasteiger partial charge in [0, 0.05) is 5.02 Å². The van der Waals surface area contributed by atoms with Gasteiger partial charge in [-0.3, -0.25) is 4.79 Å². The second kappa shape index (κ2) is 6.54. The number of pyridine rings is 1. The number of halogens is 3. The highest BCUT2D eigenvalue weighted by molar-refractivity contribution is 6.35. The number of carbonyl (C=O) groups is 1. The molecule has 0 aliphatic rings. The number of hydrogen-bond donors (Lipinski definition) is 1. The van der Waals surface area contributed by atoms with E-state index in [4.69, 9.17) is 34.8 Å². The lowest BCUT2D eigenvalue weighted by molar-refractivity contribution is 0.102. The second-order valence-corrected chi connectivity index (χ2v) is 5.65. The Morgan fingerprint density at radius 3 is 2.70 bits per heavy atom. The predicted molar refractivity (Wildman–Crippen MR) is 88.6 cm³/mol. The van der Waals surface area contributed by atoms with Crippen LogP contribution >= 0.6 is 34.8 Å². The van der Waals surface area contributed by atoms with Crippen molar-refractivity contribution in [3.8, 4) is 5.69 Å². The molecule has 2 heterocycles. The fourth-order valence-electron chi connectivity index (χ4n) is 1.90. The van der Waals surface area contributed by atoms with Gasteiger partial charge in [0.05, 0.1) is 16.4 Å². The molecule has 1 N–H and O–H groups in total. The highest BCUT2D eigenvalue weighted by atomic mass is 35.5. The van der Waals surface area contributed by atoms with Gasteiger partial charge < -0.3 is 5.32 Å². The summed E-state index contributed by atoms with van der Waals surface area (Å²) in [7, 11) is 0. The summed E-state index contributed by atoms with van der Waals surface area (Å²) in [5.41, 5.74) is 1.05. The first-order valence-corrected chi connectivity index (χ1v) is 7.46. The second-order valence-electron chi connectivity index (χ2n) is 4.42. The van der Waals surface area contributed by atoms with Crippen LogP contribution in [0.25, 0.3) is 5.69 Å². The zero-order chi connectivity index (χ0) is 16.4. The van der Waals surface area contributed by atoms with Crippen LogP contribution < -0.4 is 5.32 Å². The number of anilines is 1. The smallest absolute Gasteiger partial charge is 0.275 e. The molecular weight excluding hydrogens is 361 g/mol. The van der Waals surface area contributed by atoms with E-state index in [0.29, 0.717) is 16.4 Å². The van der Waals surface area contributed by atoms with E-state index in [1.807, 2.05) is 0 Å². The van der Waals surface area contributed by atoms with Gasteiger partial charge in [-0.2, -0.15) is 5.10 Å². The Bertz CT molecular complexity index is 867. The van der Waals surface area contributed by atoms with Crippen molar-refractivity contribution in [1.29, 1.82) is 0 Å². The van der Waals surface area contributed by atoms with Crippen molar-refractivity contribution in [3.05, 3.63) is 63.9 Å². The van der Waals surface area contributed by atoms with Gasteiger partial charge in [-0.15, -0.1) is 0 Å². The summed E-state index contributed by atoms with van der Waals surface area (Å²) in [5.74, 6) is -0.513. The molecule has 1 aromatic carbocycles. The molecule has 2 aromatic heterocycles. The highest BCUT2D eigenvalue weighted by Crippen LogP contribution is 2.25. The first-order chi connectivity index (χ1) is 11.0. The van der Waals surface area contributed by atoms with Gasteiger partial charge in [0.15, 0.2) is 0 Å². The molecule has 0 aliphatic carbocycles. The lowest BCUT2D eigenvalue weighted by Crippen LogP contribution is -2.16. The third-order valence-electron chi connectivity index (χ3n) is 2.90. The number of carbonyl (C=O) groups excluding carboxylic acids is 1. The van der Waals surface area contributed by atoms with E-state index in [0.717, 1.165) is 0 Å². The highest BCUT2D eigenvalue weighted by Gasteiger charge is 2.16. The summed E-state index contributed by atoms with van der Waals surface area (Å²) < 4.78 is 1.50. The fourth-order valence-corrected chi connectivity index (χ4v) is 2.41. The summed E-state index contributed by atoms with van der Waals surface area (Å²) in [5, 5.41) is 7.56. The number of nitrogens with one attached hydrogen (secondary N) is 1. The zero-order valence-corrected chi connectivity index (χ0v) is 13.6. The van der Waals surface area contributed by atoms with Gasteiger partial charge >= 0.3 is 0 Å². The molecule has 0 aliphatic heterocycles. The number of hydrogen-bond acceptors (Lipinski definition) is 4. The minimum Gasteiger partial charge on any atom is -0.319 e. The third kappa shape index (κ3) is 3.44. The number of nitrogens with zero attached hydrogens (tertiary/aromatic N) is 4. The normalized spacial score (nSPS) is 10.6. The molecular formula is C14H8Cl3N5O. The Labute approximate surface area is 146 Å². The van der Waals surface area contributed by atoms with Crippen molar-refractivity contribution in [1.82, 2.24) is 19.7 Å². The summed E-state index contributed by atoms with van der Waals surface area (Å²) in [6.45, 7) is 0. The summed E-state index contributed by atoms with van der Waals surface area (Å²) in [6.07, 6.45) is 2.89. The first kappa shape index (κ1) is 15.7. The van der Waals surface area contributed by atoms with Gasteiger partial charge in [0.1, 0.15) is 23.5 Å². The van der Waals surface area contributed by atoms with Gasteiger partial charge in [-0.25, -0.2) is 14.6 Å². The SMILES string of the molecule is O=C(Nc1cc(Cl)ccc1-n1cncn1)c1nc(Cl)ccc1Cl. The van der Waals surface area contributed by atoms with Crippen molar-refractivity contribution in [2.24, 2.45) is 0 Å². The maximum atomic E-state index is 12.4. The lowest BCUT2D eigenvalue weighted by Gasteiger charge is -2.11. The molecule has 0 radical (unpaired) electrons. The molecule has 0 saturated heterocycles. The summed E-state index contributed by atoms with van der Waals surface area (Å²) >= 11 is 17.8. The van der Waals surface area contributed by atoms with E-state index in [9.17, 15) is 4.79 Å². The quantitative estimate of drug-likeness (QED) is 0.712. The third-order valence-corrected chi connectivity index (χ3v) is 3.65. The van der Waals surface area contributed by atoms with Crippen LogP contribution in [0.15, 0.2) is 43.0 Å². The predicted octanol–water partition coefficient (Wildman–Crippen LogP) is 3.87. The Morgan fingerprint density at radius 2 is 1.96 bits per heavy atom. The van der Waals surface area contributed by atoms with Crippen molar-refractivity contribution < 1.29 is 4.79 Å². The molecule has 0 unspecified atom stereocenters. The summed E-state index contributed by atoms with van der Waals surface area (Å²) in [4.78, 5) is 20.2. The molecule has 0 fully saturated rings. The van der Waals surface area contributed by atoms with Crippen LogP contribution in [0.4, 0.5) is 5.69 Å². The number of aromatic nitrogens is 4. The molecule has 0 saturated carbocycles. The van der Waals surface area contributed by atoms with Crippen molar-refractivity contribution in [3.63, 3.8) is 0 Å². The molecule has 6 nitrogen and oxygen atoms in total. The fraction of sp³-hybridized carbons (Fsp3) is 0. The molecule has 9 heteroatoms. The number of rotatable bonds is 3. The van der Waals surface area contributed by atoms with Crippen LogP contribution in [0.1, 0.15) is 10.5 Å². The first-order valence-electron chi connectivity index (χ1n) is 6.32. The Kier molecular flexibility index (Phi) is 4.47. The lowest BCUT2D eigenvalue weighted by atomic mass is 10.2. The van der Waals surface area contributed by atoms with Crippen LogP contribution in [-0.2, 0) is 0 Å². The Hall–Kier alpha value is -2.15. The molecule has 0 bridgehead atoms. The number of amides is 1. The monoisotopic (exact) mass is 367 g/mol. The minimum atomic E-state index is -0.513. The van der Waals surface area contributed by atoms with Crippen LogP contribution in [0.5, 0.6) is 0 Å². The van der Waals surface area contributed by atoms with Crippen LogP contribution in [-0.4, -0.2) is 25.7 Å². The van der Waals surface area contributed by atoms with Crippen molar-refractivity contribution in [2.75, 3.05) is 5.32 Å². The van der Waals surface area contributed by atoms with E-state index in [1.54, 1.807) is 18.2 Å². The van der Waals surface area contributed by atoms with Crippen molar-refractivity contribution >= 4 is 46.4 Å². The number of benzene rings is 1. The van der Waals surface area contributed by atoms with Gasteiger partial charge in [0.2, 0.25) is 0 Å². The summed E-state index contributed by atoms with van der Waals surface area (Å²) in [6, 6.07) is 7.98. The molecule has 1 amide bonds. The molecule has 23 heavy (non-hydrogen) atoms. The standard InChI is InChI=1S/C14H8Cl3N5O/c15-8-1-3-11(22-7-18-6-19-22)10(5-8)20-14(23)13-9(16)2-4-12(17)21-13/h1-7H,(H,20,23). The van der Waals surface area contributed by atoms with Crippen molar-refractivity contribution in [2.45, 2.75) is 0 Å². The van der Waals surface area contributed by atoms with Crippen LogP contribution in [0, 0.1) is 0 Å². The van der Waals surface area contributed by atoms with Gasteiger partial charge in [-0.05, 0) is 30.3 Å². The molecule has 3 rings (SSSR count). The molecule has 0 spiro atoms. The zero-order valence-electron chi connectivity index (χ0n) is 11.4. The maximum absolute atomic E-state index is 12.4. The molecule has 0 atom stereocenters. The van der Waals surface area contributed by atoms with Crippen LogP contribution in [0.2, 0.25) is 15.2 Å². The molecule has 3 aromatic rings. The maximum Gasteiger partial charge on any atom is 0.275 e. The minimum absolute atomic E-state index is 0.0173. The molecule has 116 valence electrons. The Morgan fingerprint density at radius 1 is 1.13 bits per heavy atom. The van der Waals surface area contributed by atoms with E-state index in [-0.39, 0.29) is 15.9 Å². The van der Waals surface area contributed by atoms with Gasteiger partial charge in [-0.1, -0.05) is 34.8 Å². The van der Waals surface area contributed by atoms with Crippen LogP contribution in [0.3, 0.4) is 0 Å². The largest absolute Gasteiger partial charge is 0.319 e. The average Bonchev–Trinajstić information content (AvgIpc) is 3.04. The van der Waals surface area contributed by atoms with Gasteiger partial charge in [0.25, 0.3) is 5.91 Å². The van der Waals surface area contributed by atoms with E-state index in [1.165, 1.54) is 29.5 Å².